The zero-order valence-electron chi connectivity index (χ0n) is 15.2. The Hall–Kier alpha value is -2.12. The van der Waals surface area contributed by atoms with Gasteiger partial charge in [0.2, 0.25) is 0 Å². The maximum atomic E-state index is 11.7. The van der Waals surface area contributed by atoms with Crippen LogP contribution >= 0.6 is 0 Å². The average molecular weight is 354 g/mol. The van der Waals surface area contributed by atoms with Crippen molar-refractivity contribution < 1.29 is 34.0 Å². The number of carbonyl (C=O) groups excluding carboxylic acids is 2. The first-order valence-electron chi connectivity index (χ1n) is 8.09. The molecule has 0 saturated carbocycles. The Kier molecular flexibility index (Phi) is 7.86. The van der Waals surface area contributed by atoms with Crippen molar-refractivity contribution in [1.29, 1.82) is 0 Å². The van der Waals surface area contributed by atoms with Crippen molar-refractivity contribution in [3.8, 4) is 11.5 Å². The van der Waals surface area contributed by atoms with Gasteiger partial charge < -0.3 is 24.4 Å². The van der Waals surface area contributed by atoms with Crippen LogP contribution in [0.25, 0.3) is 0 Å². The SMILES string of the molecule is COc1cc([C@@H](O)[C@H](O)COC(=O)C(C)C)ccc1OC(=O)C(C)C. The summed E-state index contributed by atoms with van der Waals surface area (Å²) >= 11 is 0. The lowest BCUT2D eigenvalue weighted by Gasteiger charge is -2.20. The number of esters is 2. The molecule has 0 aliphatic carbocycles. The van der Waals surface area contributed by atoms with Gasteiger partial charge in [0.1, 0.15) is 18.8 Å². The van der Waals surface area contributed by atoms with Gasteiger partial charge in [0.25, 0.3) is 0 Å². The third-order valence-corrected chi connectivity index (χ3v) is 3.44. The van der Waals surface area contributed by atoms with Gasteiger partial charge in [-0.1, -0.05) is 33.8 Å². The number of aliphatic hydroxyl groups is 2. The van der Waals surface area contributed by atoms with Gasteiger partial charge in [0, 0.05) is 0 Å². The summed E-state index contributed by atoms with van der Waals surface area (Å²) in [6.45, 7) is 6.44. The van der Waals surface area contributed by atoms with E-state index >= 15 is 0 Å². The van der Waals surface area contributed by atoms with Crippen molar-refractivity contribution in [3.05, 3.63) is 23.8 Å². The number of aliphatic hydroxyl groups excluding tert-OH is 2. The predicted octanol–water partition coefficient (Wildman–Crippen LogP) is 1.85. The van der Waals surface area contributed by atoms with Crippen LogP contribution in [0.5, 0.6) is 11.5 Å². The van der Waals surface area contributed by atoms with Gasteiger partial charge in [-0.2, -0.15) is 0 Å². The first-order valence-corrected chi connectivity index (χ1v) is 8.09. The van der Waals surface area contributed by atoms with Gasteiger partial charge >= 0.3 is 11.9 Å². The van der Waals surface area contributed by atoms with Gasteiger partial charge in [0.15, 0.2) is 11.5 Å². The van der Waals surface area contributed by atoms with Gasteiger partial charge in [-0.25, -0.2) is 0 Å². The molecule has 2 atom stereocenters. The maximum absolute atomic E-state index is 11.7. The van der Waals surface area contributed by atoms with Crippen LogP contribution in [0.2, 0.25) is 0 Å². The van der Waals surface area contributed by atoms with Crippen molar-refractivity contribution in [2.24, 2.45) is 11.8 Å². The third-order valence-electron chi connectivity index (χ3n) is 3.44. The summed E-state index contributed by atoms with van der Waals surface area (Å²) in [5.41, 5.74) is 0.342. The molecule has 0 radical (unpaired) electrons. The van der Waals surface area contributed by atoms with Crippen molar-refractivity contribution in [2.75, 3.05) is 13.7 Å². The van der Waals surface area contributed by atoms with Gasteiger partial charge in [0.05, 0.1) is 18.9 Å². The minimum Gasteiger partial charge on any atom is -0.493 e. The Bertz CT molecular complexity index is 595. The van der Waals surface area contributed by atoms with Crippen LogP contribution in [0.4, 0.5) is 0 Å². The standard InChI is InChI=1S/C18H26O7/c1-10(2)17(21)24-9-13(19)16(20)12-6-7-14(15(8-12)23-5)25-18(22)11(3)4/h6-8,10-11,13,16,19-20H,9H2,1-5H3/t13-,16-/m1/s1. The molecular formula is C18H26O7. The smallest absolute Gasteiger partial charge is 0.313 e. The summed E-state index contributed by atoms with van der Waals surface area (Å²) < 4.78 is 15.3. The Morgan fingerprint density at radius 1 is 1.00 bits per heavy atom. The fraction of sp³-hybridized carbons (Fsp3) is 0.556. The second-order valence-corrected chi connectivity index (χ2v) is 6.28. The van der Waals surface area contributed by atoms with Crippen molar-refractivity contribution in [3.63, 3.8) is 0 Å². The van der Waals surface area contributed by atoms with E-state index in [0.29, 0.717) is 5.56 Å². The molecule has 0 amide bonds. The van der Waals surface area contributed by atoms with E-state index in [4.69, 9.17) is 14.2 Å². The molecule has 0 aromatic heterocycles. The highest BCUT2D eigenvalue weighted by Gasteiger charge is 2.23. The Labute approximate surface area is 147 Å². The predicted molar refractivity (Wildman–Crippen MR) is 90.2 cm³/mol. The molecule has 0 aliphatic heterocycles. The first-order chi connectivity index (χ1) is 11.7. The van der Waals surface area contributed by atoms with Crippen molar-refractivity contribution in [2.45, 2.75) is 39.9 Å². The molecule has 7 heteroatoms. The van der Waals surface area contributed by atoms with Gasteiger partial charge in [-0.15, -0.1) is 0 Å². The summed E-state index contributed by atoms with van der Waals surface area (Å²) in [6, 6.07) is 4.44. The van der Waals surface area contributed by atoms with Crippen molar-refractivity contribution >= 4 is 11.9 Å². The number of benzene rings is 1. The van der Waals surface area contributed by atoms with E-state index in [9.17, 15) is 19.8 Å². The van der Waals surface area contributed by atoms with E-state index < -0.39 is 24.1 Å². The highest BCUT2D eigenvalue weighted by atomic mass is 16.6. The minimum atomic E-state index is -1.29. The molecule has 0 fully saturated rings. The largest absolute Gasteiger partial charge is 0.493 e. The summed E-state index contributed by atoms with van der Waals surface area (Å²) in [5, 5.41) is 20.2. The normalized spacial score (nSPS) is 13.5. The molecule has 25 heavy (non-hydrogen) atoms. The third kappa shape index (κ3) is 6.03. The summed E-state index contributed by atoms with van der Waals surface area (Å²) in [6.07, 6.45) is -2.58. The topological polar surface area (TPSA) is 102 Å². The zero-order valence-corrected chi connectivity index (χ0v) is 15.2. The molecule has 0 saturated heterocycles. The summed E-state index contributed by atoms with van der Waals surface area (Å²) in [4.78, 5) is 23.1. The van der Waals surface area contributed by atoms with Crippen LogP contribution in [0.3, 0.4) is 0 Å². The first kappa shape index (κ1) is 20.9. The molecule has 0 bridgehead atoms. The second-order valence-electron chi connectivity index (χ2n) is 6.28. The van der Waals surface area contributed by atoms with Crippen LogP contribution < -0.4 is 9.47 Å². The number of hydrogen-bond acceptors (Lipinski definition) is 7. The molecule has 0 heterocycles. The van der Waals surface area contributed by atoms with E-state index in [0.717, 1.165) is 0 Å². The van der Waals surface area contributed by atoms with Crippen LogP contribution in [0.15, 0.2) is 18.2 Å². The zero-order chi connectivity index (χ0) is 19.1. The maximum Gasteiger partial charge on any atom is 0.313 e. The quantitative estimate of drug-likeness (QED) is 0.542. The molecule has 140 valence electrons. The molecule has 1 aromatic rings. The van der Waals surface area contributed by atoms with E-state index in [-0.39, 0.29) is 29.9 Å². The molecule has 0 spiro atoms. The highest BCUT2D eigenvalue weighted by molar-refractivity contribution is 5.75. The number of ether oxygens (including phenoxy) is 3. The highest BCUT2D eigenvalue weighted by Crippen LogP contribution is 2.32. The molecule has 2 N–H and O–H groups in total. The number of hydrogen-bond donors (Lipinski definition) is 2. The van der Waals surface area contributed by atoms with Crippen LogP contribution in [-0.4, -0.2) is 42.0 Å². The van der Waals surface area contributed by atoms with E-state index in [1.54, 1.807) is 27.7 Å². The Balaban J connectivity index is 2.84. The fourth-order valence-electron chi connectivity index (χ4n) is 1.83. The molecule has 0 unspecified atom stereocenters. The molecule has 1 rings (SSSR count). The molecule has 1 aromatic carbocycles. The van der Waals surface area contributed by atoms with Crippen LogP contribution in [0.1, 0.15) is 39.4 Å². The summed E-state index contributed by atoms with van der Waals surface area (Å²) in [5.74, 6) is -1.02. The van der Waals surface area contributed by atoms with Crippen molar-refractivity contribution in [1.82, 2.24) is 0 Å². The molecule has 7 nitrogen and oxygen atoms in total. The Morgan fingerprint density at radius 2 is 1.60 bits per heavy atom. The van der Waals surface area contributed by atoms with E-state index in [2.05, 4.69) is 0 Å². The lowest BCUT2D eigenvalue weighted by atomic mass is 10.0. The number of rotatable bonds is 8. The fourth-order valence-corrected chi connectivity index (χ4v) is 1.83. The second kappa shape index (κ2) is 9.39. The average Bonchev–Trinajstić information content (AvgIpc) is 2.58. The van der Waals surface area contributed by atoms with E-state index in [1.165, 1.54) is 25.3 Å². The lowest BCUT2D eigenvalue weighted by Crippen LogP contribution is -2.27. The Morgan fingerprint density at radius 3 is 2.12 bits per heavy atom. The molecular weight excluding hydrogens is 328 g/mol. The van der Waals surface area contributed by atoms with Crippen LogP contribution in [-0.2, 0) is 14.3 Å². The summed E-state index contributed by atoms with van der Waals surface area (Å²) in [7, 11) is 1.40. The number of methoxy groups -OCH3 is 1. The van der Waals surface area contributed by atoms with Gasteiger partial charge in [-0.3, -0.25) is 9.59 Å². The van der Waals surface area contributed by atoms with Gasteiger partial charge in [-0.05, 0) is 17.7 Å². The number of carbonyl (C=O) groups is 2. The minimum absolute atomic E-state index is 0.220. The van der Waals surface area contributed by atoms with E-state index in [1.807, 2.05) is 0 Å². The van der Waals surface area contributed by atoms with Crippen LogP contribution in [0, 0.1) is 11.8 Å². The monoisotopic (exact) mass is 354 g/mol. The molecule has 0 aliphatic rings. The lowest BCUT2D eigenvalue weighted by molar-refractivity contribution is -0.152.